The fourth-order valence-electron chi connectivity index (χ4n) is 3.25. The van der Waals surface area contributed by atoms with Crippen molar-refractivity contribution in [1.29, 1.82) is 0 Å². The number of benzene rings is 1. The smallest absolute Gasteiger partial charge is 0.191 e. The summed E-state index contributed by atoms with van der Waals surface area (Å²) in [5, 5.41) is 0. The maximum atomic E-state index is 5.96. The van der Waals surface area contributed by atoms with E-state index >= 15 is 0 Å². The van der Waals surface area contributed by atoms with E-state index in [-0.39, 0.29) is 16.9 Å². The lowest BCUT2D eigenvalue weighted by atomic mass is 9.75. The van der Waals surface area contributed by atoms with E-state index in [1.165, 1.54) is 5.56 Å². The number of nitrogens with zero attached hydrogens (tertiary/aromatic N) is 1. The van der Waals surface area contributed by atoms with Crippen LogP contribution < -0.4 is 0 Å². The highest BCUT2D eigenvalue weighted by Gasteiger charge is 2.48. The number of ether oxygens (including phenoxy) is 2. The van der Waals surface area contributed by atoms with E-state index in [4.69, 9.17) is 14.5 Å². The molecule has 2 atom stereocenters. The van der Waals surface area contributed by atoms with Crippen LogP contribution in [0.3, 0.4) is 0 Å². The molecule has 0 bridgehead atoms. The number of hydrogen-bond acceptors (Lipinski definition) is 3. The fraction of sp³-hybridized carbons (Fsp3) is 0.500. The van der Waals surface area contributed by atoms with Crippen molar-refractivity contribution < 1.29 is 9.47 Å². The standard InChI is InChI=1S/C18H23NO2/c1-17(2)12-21-16(19-17)18(3)11-14(20-4)10-15(18)13-8-6-5-7-9-13/h5-10,15H,11-12H2,1-4H3/t15-,18-/m0/s1. The van der Waals surface area contributed by atoms with E-state index in [1.807, 2.05) is 6.07 Å². The van der Waals surface area contributed by atoms with Gasteiger partial charge in [-0.3, -0.25) is 0 Å². The number of rotatable bonds is 3. The zero-order chi connectivity index (χ0) is 15.1. The second-order valence-electron chi connectivity index (χ2n) is 6.84. The maximum absolute atomic E-state index is 5.96. The lowest BCUT2D eigenvalue weighted by Crippen LogP contribution is -2.31. The minimum Gasteiger partial charge on any atom is -0.501 e. The first-order chi connectivity index (χ1) is 9.94. The molecule has 0 fully saturated rings. The van der Waals surface area contributed by atoms with E-state index in [9.17, 15) is 0 Å². The van der Waals surface area contributed by atoms with E-state index < -0.39 is 0 Å². The summed E-state index contributed by atoms with van der Waals surface area (Å²) in [5.41, 5.74) is 0.985. The van der Waals surface area contributed by atoms with Crippen molar-refractivity contribution in [2.24, 2.45) is 10.4 Å². The normalized spacial score (nSPS) is 30.6. The Morgan fingerprint density at radius 3 is 2.48 bits per heavy atom. The summed E-state index contributed by atoms with van der Waals surface area (Å²) in [5.74, 6) is 2.12. The van der Waals surface area contributed by atoms with Crippen LogP contribution in [0, 0.1) is 5.41 Å². The first kappa shape index (κ1) is 14.2. The Balaban J connectivity index is 2.01. The molecule has 112 valence electrons. The molecular formula is C18H23NO2. The molecule has 3 nitrogen and oxygen atoms in total. The van der Waals surface area contributed by atoms with Crippen molar-refractivity contribution >= 4 is 5.90 Å². The molecule has 3 heteroatoms. The molecule has 0 amide bonds. The maximum Gasteiger partial charge on any atom is 0.191 e. The van der Waals surface area contributed by atoms with E-state index in [0.717, 1.165) is 18.1 Å². The largest absolute Gasteiger partial charge is 0.501 e. The van der Waals surface area contributed by atoms with Crippen molar-refractivity contribution in [2.75, 3.05) is 13.7 Å². The van der Waals surface area contributed by atoms with Gasteiger partial charge < -0.3 is 9.47 Å². The van der Waals surface area contributed by atoms with Gasteiger partial charge in [-0.1, -0.05) is 30.3 Å². The lowest BCUT2D eigenvalue weighted by molar-refractivity contribution is 0.224. The Kier molecular flexibility index (Phi) is 3.31. The predicted octanol–water partition coefficient (Wildman–Crippen LogP) is 3.92. The third-order valence-corrected chi connectivity index (χ3v) is 4.46. The SMILES string of the molecule is COC1=C[C@@H](c2ccccc2)[C@@](C)(C2=NC(C)(C)CO2)C1. The Hall–Kier alpha value is -1.77. The van der Waals surface area contributed by atoms with Crippen LogP contribution in [0.15, 0.2) is 47.2 Å². The molecule has 1 heterocycles. The average molecular weight is 285 g/mol. The van der Waals surface area contributed by atoms with Crippen LogP contribution in [0.4, 0.5) is 0 Å². The molecule has 0 N–H and O–H groups in total. The van der Waals surface area contributed by atoms with Crippen LogP contribution >= 0.6 is 0 Å². The van der Waals surface area contributed by atoms with E-state index in [0.29, 0.717) is 6.61 Å². The lowest BCUT2D eigenvalue weighted by Gasteiger charge is -2.30. The number of methoxy groups -OCH3 is 1. The Labute approximate surface area is 126 Å². The number of allylic oxidation sites excluding steroid dienone is 2. The monoisotopic (exact) mass is 285 g/mol. The summed E-state index contributed by atoms with van der Waals surface area (Å²) < 4.78 is 11.5. The molecule has 1 aliphatic carbocycles. The van der Waals surface area contributed by atoms with Gasteiger partial charge in [0.1, 0.15) is 6.61 Å². The van der Waals surface area contributed by atoms with Gasteiger partial charge in [0.25, 0.3) is 0 Å². The molecule has 0 spiro atoms. The predicted molar refractivity (Wildman–Crippen MR) is 84.5 cm³/mol. The van der Waals surface area contributed by atoms with Crippen molar-refractivity contribution in [1.82, 2.24) is 0 Å². The summed E-state index contributed by atoms with van der Waals surface area (Å²) in [6.45, 7) is 7.11. The van der Waals surface area contributed by atoms with Crippen LogP contribution in [0.1, 0.15) is 38.7 Å². The molecule has 0 radical (unpaired) electrons. The summed E-state index contributed by atoms with van der Waals surface area (Å²) in [7, 11) is 1.74. The summed E-state index contributed by atoms with van der Waals surface area (Å²) >= 11 is 0. The van der Waals surface area contributed by atoms with E-state index in [1.54, 1.807) is 7.11 Å². The molecule has 0 saturated heterocycles. The van der Waals surface area contributed by atoms with Gasteiger partial charge in [0.2, 0.25) is 0 Å². The number of aliphatic imine (C=N–C) groups is 1. The molecule has 2 aliphatic rings. The van der Waals surface area contributed by atoms with Gasteiger partial charge in [-0.2, -0.15) is 0 Å². The minimum atomic E-state index is -0.166. The highest BCUT2D eigenvalue weighted by atomic mass is 16.5. The molecule has 1 aromatic rings. The molecule has 1 aliphatic heterocycles. The third-order valence-electron chi connectivity index (χ3n) is 4.46. The van der Waals surface area contributed by atoms with Gasteiger partial charge >= 0.3 is 0 Å². The first-order valence-electron chi connectivity index (χ1n) is 7.47. The zero-order valence-corrected chi connectivity index (χ0v) is 13.2. The topological polar surface area (TPSA) is 30.8 Å². The fourth-order valence-corrected chi connectivity index (χ4v) is 3.25. The van der Waals surface area contributed by atoms with Gasteiger partial charge in [-0.15, -0.1) is 0 Å². The van der Waals surface area contributed by atoms with Gasteiger partial charge in [0, 0.05) is 12.3 Å². The van der Waals surface area contributed by atoms with Crippen LogP contribution in [-0.2, 0) is 9.47 Å². The molecule has 3 rings (SSSR count). The second kappa shape index (κ2) is 4.90. The van der Waals surface area contributed by atoms with Crippen LogP contribution in [0.2, 0.25) is 0 Å². The number of hydrogen-bond donors (Lipinski definition) is 0. The highest BCUT2D eigenvalue weighted by Crippen LogP contribution is 2.50. The molecule has 0 aromatic heterocycles. The minimum absolute atomic E-state index is 0.130. The average Bonchev–Trinajstić information content (AvgIpc) is 3.01. The Morgan fingerprint density at radius 1 is 1.19 bits per heavy atom. The van der Waals surface area contributed by atoms with E-state index in [2.05, 4.69) is 51.1 Å². The highest BCUT2D eigenvalue weighted by molar-refractivity contribution is 5.86. The Bertz CT molecular complexity index is 588. The van der Waals surface area contributed by atoms with Crippen molar-refractivity contribution in [3.63, 3.8) is 0 Å². The zero-order valence-electron chi connectivity index (χ0n) is 13.2. The second-order valence-corrected chi connectivity index (χ2v) is 6.84. The van der Waals surface area contributed by atoms with Crippen LogP contribution in [0.25, 0.3) is 0 Å². The van der Waals surface area contributed by atoms with Gasteiger partial charge in [0.05, 0.1) is 23.8 Å². The Morgan fingerprint density at radius 2 is 1.90 bits per heavy atom. The van der Waals surface area contributed by atoms with Gasteiger partial charge in [-0.05, 0) is 32.4 Å². The first-order valence-corrected chi connectivity index (χ1v) is 7.47. The molecule has 1 aromatic carbocycles. The summed E-state index contributed by atoms with van der Waals surface area (Å²) in [4.78, 5) is 4.82. The molecular weight excluding hydrogens is 262 g/mol. The summed E-state index contributed by atoms with van der Waals surface area (Å²) in [6.07, 6.45) is 3.05. The van der Waals surface area contributed by atoms with Crippen molar-refractivity contribution in [3.8, 4) is 0 Å². The quantitative estimate of drug-likeness (QED) is 0.843. The van der Waals surface area contributed by atoms with Crippen LogP contribution in [0.5, 0.6) is 0 Å². The molecule has 0 unspecified atom stereocenters. The molecule has 21 heavy (non-hydrogen) atoms. The van der Waals surface area contributed by atoms with Crippen molar-refractivity contribution in [2.45, 2.75) is 38.6 Å². The van der Waals surface area contributed by atoms with Gasteiger partial charge in [0.15, 0.2) is 5.90 Å². The third kappa shape index (κ3) is 2.45. The molecule has 0 saturated carbocycles. The summed E-state index contributed by atoms with van der Waals surface area (Å²) in [6, 6.07) is 10.5. The van der Waals surface area contributed by atoms with Gasteiger partial charge in [-0.25, -0.2) is 4.99 Å². The van der Waals surface area contributed by atoms with Crippen LogP contribution in [-0.4, -0.2) is 25.2 Å². The van der Waals surface area contributed by atoms with Crippen molar-refractivity contribution in [3.05, 3.63) is 47.7 Å².